The molecule has 0 aliphatic carbocycles. The predicted octanol–water partition coefficient (Wildman–Crippen LogP) is 3.43. The van der Waals surface area contributed by atoms with Gasteiger partial charge in [0.25, 0.3) is 0 Å². The molecule has 0 aromatic heterocycles. The molecule has 0 heterocycles. The van der Waals surface area contributed by atoms with Crippen molar-refractivity contribution in [3.05, 3.63) is 35.9 Å². The van der Waals surface area contributed by atoms with Gasteiger partial charge in [-0.05, 0) is 27.7 Å². The van der Waals surface area contributed by atoms with Crippen LogP contribution in [0.2, 0.25) is 0 Å². The molecule has 0 saturated heterocycles. The molecule has 0 radical (unpaired) electrons. The number of rotatable bonds is 2. The average molecular weight is 180 g/mol. The lowest BCUT2D eigenvalue weighted by molar-refractivity contribution is 0.0899. The van der Waals surface area contributed by atoms with Crippen molar-refractivity contribution in [2.24, 2.45) is 0 Å². The van der Waals surface area contributed by atoms with E-state index in [2.05, 4.69) is 19.1 Å². The summed E-state index contributed by atoms with van der Waals surface area (Å²) >= 11 is 0. The summed E-state index contributed by atoms with van der Waals surface area (Å²) in [6.45, 7) is 8.98. The largest absolute Gasteiger partial charge is 0.379 e. The summed E-state index contributed by atoms with van der Waals surface area (Å²) < 4.78 is 5.04. The third kappa shape index (κ3) is 9.09. The lowest BCUT2D eigenvalue weighted by atomic mass is 10.2. The molecule has 0 N–H and O–H groups in total. The second-order valence-electron chi connectivity index (χ2n) is 3.16. The standard InChI is InChI=1S/C7H8.C5H12O/c1-7-5-3-2-4-6-7;1-4-6-5(2)3/h2-6H,1H3;5H,4H2,1-3H3. The summed E-state index contributed by atoms with van der Waals surface area (Å²) in [6, 6.07) is 10.3. The first kappa shape index (κ1) is 12.2. The maximum absolute atomic E-state index is 5.04. The molecule has 0 aliphatic rings. The molecule has 0 unspecified atom stereocenters. The van der Waals surface area contributed by atoms with Crippen LogP contribution >= 0.6 is 0 Å². The number of hydrogen-bond acceptors (Lipinski definition) is 1. The van der Waals surface area contributed by atoms with Crippen LogP contribution in [0.5, 0.6) is 0 Å². The second kappa shape index (κ2) is 7.81. The highest BCUT2D eigenvalue weighted by Crippen LogP contribution is 1.92. The fourth-order valence-electron chi connectivity index (χ4n) is 0.868. The maximum atomic E-state index is 5.04. The van der Waals surface area contributed by atoms with Gasteiger partial charge in [0.15, 0.2) is 0 Å². The molecule has 0 bridgehead atoms. The van der Waals surface area contributed by atoms with Crippen molar-refractivity contribution in [2.45, 2.75) is 33.8 Å². The molecule has 0 aliphatic heterocycles. The van der Waals surface area contributed by atoms with E-state index in [9.17, 15) is 0 Å². The molecular formula is C12H20O. The van der Waals surface area contributed by atoms with Crippen molar-refractivity contribution < 1.29 is 4.74 Å². The highest BCUT2D eigenvalue weighted by Gasteiger charge is 1.83. The van der Waals surface area contributed by atoms with Gasteiger partial charge in [0.05, 0.1) is 6.10 Å². The lowest BCUT2D eigenvalue weighted by Crippen LogP contribution is -1.99. The van der Waals surface area contributed by atoms with Crippen LogP contribution in [0.1, 0.15) is 26.3 Å². The second-order valence-corrected chi connectivity index (χ2v) is 3.16. The van der Waals surface area contributed by atoms with Crippen LogP contribution in [0.4, 0.5) is 0 Å². The number of ether oxygens (including phenoxy) is 1. The van der Waals surface area contributed by atoms with Gasteiger partial charge in [0.1, 0.15) is 0 Å². The van der Waals surface area contributed by atoms with Crippen LogP contribution in [0.15, 0.2) is 30.3 Å². The summed E-state index contributed by atoms with van der Waals surface area (Å²) in [6.07, 6.45) is 0.398. The number of hydrogen-bond donors (Lipinski definition) is 0. The van der Waals surface area contributed by atoms with Crippen LogP contribution < -0.4 is 0 Å². The van der Waals surface area contributed by atoms with Crippen molar-refractivity contribution in [3.63, 3.8) is 0 Å². The monoisotopic (exact) mass is 180 g/mol. The van der Waals surface area contributed by atoms with Crippen LogP contribution in [-0.2, 0) is 4.74 Å². The van der Waals surface area contributed by atoms with Crippen LogP contribution in [-0.4, -0.2) is 12.7 Å². The third-order valence-corrected chi connectivity index (χ3v) is 1.44. The third-order valence-electron chi connectivity index (χ3n) is 1.44. The number of benzene rings is 1. The highest BCUT2D eigenvalue weighted by atomic mass is 16.5. The molecule has 0 saturated carbocycles. The predicted molar refractivity (Wildman–Crippen MR) is 57.9 cm³/mol. The zero-order chi connectivity index (χ0) is 10.1. The van der Waals surface area contributed by atoms with E-state index in [0.717, 1.165) is 6.61 Å². The summed E-state index contributed by atoms with van der Waals surface area (Å²) in [7, 11) is 0. The molecule has 0 atom stereocenters. The normalized spacial score (nSPS) is 9.31. The Morgan fingerprint density at radius 1 is 1.15 bits per heavy atom. The van der Waals surface area contributed by atoms with E-state index in [1.807, 2.05) is 39.0 Å². The Labute approximate surface area is 81.7 Å². The molecule has 1 aromatic carbocycles. The van der Waals surface area contributed by atoms with E-state index in [1.54, 1.807) is 0 Å². The molecule has 0 spiro atoms. The summed E-state index contributed by atoms with van der Waals surface area (Å²) in [4.78, 5) is 0. The SMILES string of the molecule is CCOC(C)C.Cc1ccccc1. The fourth-order valence-corrected chi connectivity index (χ4v) is 0.868. The summed E-state index contributed by atoms with van der Waals surface area (Å²) in [5.74, 6) is 0. The molecule has 1 heteroatoms. The van der Waals surface area contributed by atoms with Crippen molar-refractivity contribution in [1.82, 2.24) is 0 Å². The van der Waals surface area contributed by atoms with Gasteiger partial charge in [-0.1, -0.05) is 35.9 Å². The van der Waals surface area contributed by atoms with Gasteiger partial charge in [0, 0.05) is 6.61 Å². The molecule has 74 valence electrons. The lowest BCUT2D eigenvalue weighted by Gasteiger charge is -2.00. The van der Waals surface area contributed by atoms with E-state index in [4.69, 9.17) is 4.74 Å². The first-order valence-electron chi connectivity index (χ1n) is 4.80. The quantitative estimate of drug-likeness (QED) is 0.677. The molecule has 1 nitrogen and oxygen atoms in total. The topological polar surface area (TPSA) is 9.23 Å². The molecule has 1 aromatic rings. The summed E-state index contributed by atoms with van der Waals surface area (Å²) in [5, 5.41) is 0. The molecular weight excluding hydrogens is 160 g/mol. The summed E-state index contributed by atoms with van der Waals surface area (Å²) in [5.41, 5.74) is 1.32. The Morgan fingerprint density at radius 3 is 1.85 bits per heavy atom. The Morgan fingerprint density at radius 2 is 1.69 bits per heavy atom. The van der Waals surface area contributed by atoms with Crippen LogP contribution in [0.3, 0.4) is 0 Å². The van der Waals surface area contributed by atoms with Crippen molar-refractivity contribution in [2.75, 3.05) is 6.61 Å². The molecule has 0 amide bonds. The van der Waals surface area contributed by atoms with E-state index in [-0.39, 0.29) is 0 Å². The zero-order valence-electron chi connectivity index (χ0n) is 9.08. The Bertz CT molecular complexity index is 192. The van der Waals surface area contributed by atoms with Gasteiger partial charge in [-0.2, -0.15) is 0 Å². The average Bonchev–Trinajstić information content (AvgIpc) is 2.06. The minimum atomic E-state index is 0.398. The van der Waals surface area contributed by atoms with Gasteiger partial charge in [-0.3, -0.25) is 0 Å². The van der Waals surface area contributed by atoms with Gasteiger partial charge in [-0.25, -0.2) is 0 Å². The van der Waals surface area contributed by atoms with Crippen LogP contribution in [0.25, 0.3) is 0 Å². The van der Waals surface area contributed by atoms with E-state index in [1.165, 1.54) is 5.56 Å². The van der Waals surface area contributed by atoms with Crippen molar-refractivity contribution in [3.8, 4) is 0 Å². The van der Waals surface area contributed by atoms with Crippen molar-refractivity contribution >= 4 is 0 Å². The van der Waals surface area contributed by atoms with Gasteiger partial charge < -0.3 is 4.74 Å². The van der Waals surface area contributed by atoms with E-state index in [0.29, 0.717) is 6.10 Å². The Kier molecular flexibility index (Phi) is 7.32. The molecule has 1 rings (SSSR count). The van der Waals surface area contributed by atoms with E-state index < -0.39 is 0 Å². The van der Waals surface area contributed by atoms with Gasteiger partial charge in [-0.15, -0.1) is 0 Å². The minimum absolute atomic E-state index is 0.398. The van der Waals surface area contributed by atoms with Crippen LogP contribution in [0, 0.1) is 6.92 Å². The Hall–Kier alpha value is -0.820. The molecule has 0 fully saturated rings. The Balaban J connectivity index is 0.000000226. The van der Waals surface area contributed by atoms with Gasteiger partial charge in [0.2, 0.25) is 0 Å². The first-order valence-corrected chi connectivity index (χ1v) is 4.80. The molecule has 13 heavy (non-hydrogen) atoms. The van der Waals surface area contributed by atoms with Crippen molar-refractivity contribution in [1.29, 1.82) is 0 Å². The maximum Gasteiger partial charge on any atom is 0.0518 e. The minimum Gasteiger partial charge on any atom is -0.379 e. The smallest absolute Gasteiger partial charge is 0.0518 e. The first-order chi connectivity index (χ1) is 6.16. The van der Waals surface area contributed by atoms with Gasteiger partial charge >= 0.3 is 0 Å². The fraction of sp³-hybridized carbons (Fsp3) is 0.500. The highest BCUT2D eigenvalue weighted by molar-refractivity contribution is 5.11. The number of aryl methyl sites for hydroxylation is 1. The zero-order valence-corrected chi connectivity index (χ0v) is 9.08. The van der Waals surface area contributed by atoms with E-state index >= 15 is 0 Å².